The molecule has 1 aromatic carbocycles. The van der Waals surface area contributed by atoms with Crippen LogP contribution in [-0.2, 0) is 11.2 Å². The monoisotopic (exact) mass is 340 g/mol. The Bertz CT molecular complexity index is 707. The number of amides is 1. The fourth-order valence-electron chi connectivity index (χ4n) is 3.22. The van der Waals surface area contributed by atoms with Crippen LogP contribution in [-0.4, -0.2) is 42.2 Å². The van der Waals surface area contributed by atoms with Crippen LogP contribution in [0.25, 0.3) is 0 Å². The molecule has 2 heterocycles. The summed E-state index contributed by atoms with van der Waals surface area (Å²) in [7, 11) is 0. The second-order valence-corrected chi connectivity index (χ2v) is 6.61. The summed E-state index contributed by atoms with van der Waals surface area (Å²) in [5, 5.41) is 9.87. The SMILES string of the molecule is Cc1ccc(CCCC(=O)N2CCN(c3cccc[n+]3O)CC2)cc1. The van der Waals surface area contributed by atoms with Gasteiger partial charge in [0.2, 0.25) is 5.91 Å². The van der Waals surface area contributed by atoms with E-state index in [1.807, 2.05) is 17.0 Å². The average Bonchev–Trinajstić information content (AvgIpc) is 2.64. The number of carbonyl (C=O) groups is 1. The molecule has 1 aliphatic heterocycles. The molecular formula is C20H26N3O2+. The second kappa shape index (κ2) is 8.01. The van der Waals surface area contributed by atoms with Crippen LogP contribution >= 0.6 is 0 Å². The lowest BCUT2D eigenvalue weighted by atomic mass is 10.1. The van der Waals surface area contributed by atoms with Crippen LogP contribution in [0.5, 0.6) is 0 Å². The summed E-state index contributed by atoms with van der Waals surface area (Å²) in [6.45, 7) is 4.99. The first-order valence-electron chi connectivity index (χ1n) is 8.92. The topological polar surface area (TPSA) is 47.7 Å². The van der Waals surface area contributed by atoms with Crippen LogP contribution in [0, 0.1) is 6.92 Å². The summed E-state index contributed by atoms with van der Waals surface area (Å²) in [5.41, 5.74) is 2.56. The van der Waals surface area contributed by atoms with Gasteiger partial charge in [0.1, 0.15) is 19.3 Å². The predicted octanol–water partition coefficient (Wildman–Crippen LogP) is 2.19. The number of carbonyl (C=O) groups excluding carboxylic acids is 1. The molecule has 2 aromatic rings. The lowest BCUT2D eigenvalue weighted by Crippen LogP contribution is -2.52. The first kappa shape index (κ1) is 17.3. The minimum absolute atomic E-state index is 0.233. The van der Waals surface area contributed by atoms with E-state index in [1.165, 1.54) is 11.1 Å². The maximum Gasteiger partial charge on any atom is 0.316 e. The van der Waals surface area contributed by atoms with Crippen LogP contribution in [0.15, 0.2) is 48.7 Å². The van der Waals surface area contributed by atoms with Gasteiger partial charge in [0.15, 0.2) is 0 Å². The van der Waals surface area contributed by atoms with Crippen molar-refractivity contribution in [1.29, 1.82) is 0 Å². The van der Waals surface area contributed by atoms with E-state index in [1.54, 1.807) is 12.3 Å². The number of hydrogen-bond acceptors (Lipinski definition) is 3. The summed E-state index contributed by atoms with van der Waals surface area (Å²) < 4.78 is 1.14. The number of rotatable bonds is 5. The van der Waals surface area contributed by atoms with Crippen molar-refractivity contribution in [2.24, 2.45) is 0 Å². The maximum absolute atomic E-state index is 12.4. The van der Waals surface area contributed by atoms with Gasteiger partial charge in [-0.3, -0.25) is 9.69 Å². The molecule has 1 aliphatic rings. The molecule has 0 aliphatic carbocycles. The van der Waals surface area contributed by atoms with E-state index in [0.29, 0.717) is 19.5 Å². The fraction of sp³-hybridized carbons (Fsp3) is 0.400. The molecule has 5 heteroatoms. The summed E-state index contributed by atoms with van der Waals surface area (Å²) in [5.74, 6) is 1.01. The van der Waals surface area contributed by atoms with Crippen molar-refractivity contribution in [2.45, 2.75) is 26.2 Å². The molecule has 1 aromatic heterocycles. The number of pyridine rings is 1. The van der Waals surface area contributed by atoms with Crippen LogP contribution < -0.4 is 9.63 Å². The molecule has 25 heavy (non-hydrogen) atoms. The highest BCUT2D eigenvalue weighted by Gasteiger charge is 2.27. The first-order valence-corrected chi connectivity index (χ1v) is 8.92. The van der Waals surface area contributed by atoms with Crippen molar-refractivity contribution in [3.05, 3.63) is 59.8 Å². The van der Waals surface area contributed by atoms with Gasteiger partial charge >= 0.3 is 5.82 Å². The van der Waals surface area contributed by atoms with E-state index in [4.69, 9.17) is 0 Å². The van der Waals surface area contributed by atoms with Gasteiger partial charge in [-0.15, -0.1) is 0 Å². The molecule has 1 N–H and O–H groups in total. The third-order valence-corrected chi connectivity index (χ3v) is 4.75. The second-order valence-electron chi connectivity index (χ2n) is 6.61. The Hall–Kier alpha value is -2.56. The third-order valence-electron chi connectivity index (χ3n) is 4.75. The maximum atomic E-state index is 12.4. The normalized spacial score (nSPS) is 14.6. The van der Waals surface area contributed by atoms with Crippen molar-refractivity contribution in [3.8, 4) is 0 Å². The van der Waals surface area contributed by atoms with Crippen molar-refractivity contribution in [1.82, 2.24) is 4.90 Å². The Labute approximate surface area is 149 Å². The third kappa shape index (κ3) is 4.50. The van der Waals surface area contributed by atoms with Crippen molar-refractivity contribution >= 4 is 11.7 Å². The van der Waals surface area contributed by atoms with Crippen molar-refractivity contribution in [2.75, 3.05) is 31.1 Å². The quantitative estimate of drug-likeness (QED) is 0.670. The number of benzene rings is 1. The average molecular weight is 340 g/mol. The Balaban J connectivity index is 1.44. The Morgan fingerprint density at radius 3 is 2.48 bits per heavy atom. The van der Waals surface area contributed by atoms with E-state index >= 15 is 0 Å². The zero-order valence-corrected chi connectivity index (χ0v) is 14.8. The predicted molar refractivity (Wildman–Crippen MR) is 96.7 cm³/mol. The molecule has 1 saturated heterocycles. The molecule has 1 amide bonds. The molecule has 0 unspecified atom stereocenters. The highest BCUT2D eigenvalue weighted by atomic mass is 16.5. The Kier molecular flexibility index (Phi) is 5.53. The highest BCUT2D eigenvalue weighted by Crippen LogP contribution is 2.13. The molecule has 3 rings (SSSR count). The number of anilines is 1. The van der Waals surface area contributed by atoms with Gasteiger partial charge in [-0.2, -0.15) is 0 Å². The van der Waals surface area contributed by atoms with E-state index in [-0.39, 0.29) is 5.91 Å². The summed E-state index contributed by atoms with van der Waals surface area (Å²) in [4.78, 5) is 16.5. The molecular weight excluding hydrogens is 314 g/mol. The molecule has 0 radical (unpaired) electrons. The molecule has 5 nitrogen and oxygen atoms in total. The van der Waals surface area contributed by atoms with Gasteiger partial charge in [0.25, 0.3) is 0 Å². The van der Waals surface area contributed by atoms with Crippen LogP contribution in [0.4, 0.5) is 5.82 Å². The standard InChI is InChI=1S/C20H26N3O2/c1-17-8-10-18(11-9-17)5-4-7-20(24)22-15-13-21(14-16-22)19-6-2-3-12-23(19)25/h2-3,6,8-12,25H,4-5,7,13-16H2,1H3/q+1. The zero-order valence-electron chi connectivity index (χ0n) is 14.8. The Morgan fingerprint density at radius 1 is 1.08 bits per heavy atom. The van der Waals surface area contributed by atoms with E-state index < -0.39 is 0 Å². The highest BCUT2D eigenvalue weighted by molar-refractivity contribution is 5.76. The molecule has 132 valence electrons. The summed E-state index contributed by atoms with van der Waals surface area (Å²) in [6, 6.07) is 14.1. The van der Waals surface area contributed by atoms with E-state index in [9.17, 15) is 10.0 Å². The van der Waals surface area contributed by atoms with Gasteiger partial charge in [-0.1, -0.05) is 40.6 Å². The van der Waals surface area contributed by atoms with Crippen molar-refractivity contribution < 1.29 is 14.7 Å². The van der Waals surface area contributed by atoms with Crippen LogP contribution in [0.1, 0.15) is 24.0 Å². The van der Waals surface area contributed by atoms with E-state index in [2.05, 4.69) is 36.1 Å². The lowest BCUT2D eigenvalue weighted by Gasteiger charge is -2.31. The van der Waals surface area contributed by atoms with Gasteiger partial charge in [-0.05, 0) is 31.4 Å². The molecule has 0 bridgehead atoms. The molecule has 0 atom stereocenters. The van der Waals surface area contributed by atoms with Crippen LogP contribution in [0.2, 0.25) is 0 Å². The van der Waals surface area contributed by atoms with Gasteiger partial charge in [-0.25, -0.2) is 0 Å². The molecule has 0 saturated carbocycles. The molecule has 1 fully saturated rings. The number of aromatic nitrogens is 1. The fourth-order valence-corrected chi connectivity index (χ4v) is 3.22. The lowest BCUT2D eigenvalue weighted by molar-refractivity contribution is -0.894. The summed E-state index contributed by atoms with van der Waals surface area (Å²) >= 11 is 0. The van der Waals surface area contributed by atoms with Gasteiger partial charge in [0.05, 0.1) is 13.1 Å². The zero-order chi connectivity index (χ0) is 17.6. The number of piperazine rings is 1. The van der Waals surface area contributed by atoms with Crippen molar-refractivity contribution in [3.63, 3.8) is 0 Å². The number of nitrogens with zero attached hydrogens (tertiary/aromatic N) is 3. The summed E-state index contributed by atoms with van der Waals surface area (Å²) in [6.07, 6.45) is 4.05. The van der Waals surface area contributed by atoms with Gasteiger partial charge in [0, 0.05) is 12.5 Å². The first-order chi connectivity index (χ1) is 12.1. The smallest absolute Gasteiger partial charge is 0.316 e. The van der Waals surface area contributed by atoms with Crippen LogP contribution in [0.3, 0.4) is 0 Å². The van der Waals surface area contributed by atoms with Gasteiger partial charge < -0.3 is 10.1 Å². The van der Waals surface area contributed by atoms with E-state index in [0.717, 1.165) is 36.5 Å². The number of aryl methyl sites for hydroxylation is 2. The Morgan fingerprint density at radius 2 is 1.80 bits per heavy atom. The minimum Gasteiger partial charge on any atom is -0.350 e. The number of hydrogen-bond donors (Lipinski definition) is 1. The minimum atomic E-state index is 0.233. The largest absolute Gasteiger partial charge is 0.350 e. The molecule has 0 spiro atoms.